The molecule has 0 spiro atoms. The number of para-hydroxylation sites is 2. The maximum absolute atomic E-state index is 3.87. The molecule has 3 nitrogen and oxygen atoms in total. The van der Waals surface area contributed by atoms with Gasteiger partial charge in [-0.15, -0.1) is 28.3 Å². The van der Waals surface area contributed by atoms with E-state index in [0.29, 0.717) is 0 Å². The molecule has 1 aromatic heterocycles. The van der Waals surface area contributed by atoms with Crippen LogP contribution in [0.5, 0.6) is 0 Å². The maximum atomic E-state index is 3.87. The zero-order valence-electron chi connectivity index (χ0n) is 24.5. The number of hydrogen-bond acceptors (Lipinski definition) is 2. The van der Waals surface area contributed by atoms with Crippen LogP contribution in [0.4, 0.5) is 5.69 Å². The molecule has 0 N–H and O–H groups in total. The van der Waals surface area contributed by atoms with Crippen molar-refractivity contribution in [2.45, 2.75) is 5.41 Å². The number of fused-ring (bicyclic) bond motifs is 6. The normalized spacial score (nSPS) is 14.5. The molecule has 7 aromatic rings. The van der Waals surface area contributed by atoms with Crippen LogP contribution in [-0.2, 0) is 26.5 Å². The van der Waals surface area contributed by atoms with Gasteiger partial charge in [0.1, 0.15) is 0 Å². The average Bonchev–Trinajstić information content (AvgIpc) is 3.76. The number of anilines is 1. The topological polar surface area (TPSA) is 11.4 Å². The number of nitrogens with zero attached hydrogens (tertiary/aromatic N) is 3. The Bertz CT molecular complexity index is 2200. The second kappa shape index (κ2) is 10.6. The Morgan fingerprint density at radius 2 is 1.33 bits per heavy atom. The predicted molar refractivity (Wildman–Crippen MR) is 178 cm³/mol. The molecule has 2 aliphatic rings. The molecule has 2 heterocycles. The molecule has 0 radical (unpaired) electrons. The van der Waals surface area contributed by atoms with Crippen LogP contribution < -0.4 is 4.90 Å². The van der Waals surface area contributed by atoms with Crippen LogP contribution in [0.3, 0.4) is 0 Å². The smallest absolute Gasteiger partial charge is 0.510 e. The zero-order valence-corrected chi connectivity index (χ0v) is 26.8. The summed E-state index contributed by atoms with van der Waals surface area (Å²) >= 11 is 0. The van der Waals surface area contributed by atoms with Gasteiger partial charge in [-0.3, -0.25) is 0 Å². The summed E-state index contributed by atoms with van der Waals surface area (Å²) in [5.74, 6) is 0. The average molecular weight is 757 g/mol. The number of aromatic nitrogens is 1. The van der Waals surface area contributed by atoms with Gasteiger partial charge < -0.3 is 14.4 Å². The van der Waals surface area contributed by atoms with E-state index in [1.54, 1.807) is 0 Å². The van der Waals surface area contributed by atoms with E-state index in [0.717, 1.165) is 33.5 Å². The van der Waals surface area contributed by atoms with Gasteiger partial charge in [0.2, 0.25) is 0 Å². The van der Waals surface area contributed by atoms with Gasteiger partial charge in [0.15, 0.2) is 0 Å². The fraction of sp³-hybridized carbons (Fsp3) is 0.0488. The van der Waals surface area contributed by atoms with Gasteiger partial charge in [-0.05, 0) is 53.2 Å². The van der Waals surface area contributed by atoms with Crippen molar-refractivity contribution in [2.75, 3.05) is 11.9 Å². The quantitative estimate of drug-likeness (QED) is 0.166. The molecular formula is C41H27N3Pt. The van der Waals surface area contributed by atoms with Gasteiger partial charge in [-0.1, -0.05) is 77.9 Å². The van der Waals surface area contributed by atoms with Crippen molar-refractivity contribution in [1.82, 2.24) is 9.47 Å². The Morgan fingerprint density at radius 1 is 0.622 bits per heavy atom. The van der Waals surface area contributed by atoms with E-state index in [4.69, 9.17) is 0 Å². The fourth-order valence-electron chi connectivity index (χ4n) is 7.29. The van der Waals surface area contributed by atoms with Crippen molar-refractivity contribution in [3.05, 3.63) is 187 Å². The van der Waals surface area contributed by atoms with E-state index < -0.39 is 5.41 Å². The Balaban J connectivity index is 0.00000300. The van der Waals surface area contributed by atoms with Crippen molar-refractivity contribution >= 4 is 27.5 Å². The van der Waals surface area contributed by atoms with Gasteiger partial charge >= 0.3 is 21.1 Å². The van der Waals surface area contributed by atoms with E-state index in [9.17, 15) is 0 Å². The number of hydrogen-bond donors (Lipinski definition) is 0. The third kappa shape index (κ3) is 4.00. The molecular weight excluding hydrogens is 730 g/mol. The minimum absolute atomic E-state index is 0. The molecule has 6 aromatic carbocycles. The van der Waals surface area contributed by atoms with Crippen molar-refractivity contribution in [3.63, 3.8) is 0 Å². The molecule has 0 atom stereocenters. The molecule has 4 heteroatoms. The molecule has 0 amide bonds. The summed E-state index contributed by atoms with van der Waals surface area (Å²) in [6.45, 7) is 2.08. The molecule has 0 saturated heterocycles. The van der Waals surface area contributed by atoms with Gasteiger partial charge in [0.05, 0.1) is 0 Å². The Morgan fingerprint density at radius 3 is 2.07 bits per heavy atom. The summed E-state index contributed by atoms with van der Waals surface area (Å²) < 4.78 is 2.30. The van der Waals surface area contributed by atoms with E-state index in [-0.39, 0.29) is 21.1 Å². The molecule has 45 heavy (non-hydrogen) atoms. The van der Waals surface area contributed by atoms with E-state index in [1.165, 1.54) is 33.0 Å². The van der Waals surface area contributed by atoms with E-state index in [2.05, 4.69) is 167 Å². The summed E-state index contributed by atoms with van der Waals surface area (Å²) in [5, 5.41) is 2.41. The number of benzene rings is 6. The van der Waals surface area contributed by atoms with Gasteiger partial charge in [-0.25, -0.2) is 0 Å². The molecule has 216 valence electrons. The Hall–Kier alpha value is -4.85. The molecule has 0 bridgehead atoms. The third-order valence-corrected chi connectivity index (χ3v) is 9.13. The van der Waals surface area contributed by atoms with Crippen molar-refractivity contribution in [1.29, 1.82) is 0 Å². The summed E-state index contributed by atoms with van der Waals surface area (Å²) in [5.41, 5.74) is 10.9. The standard InChI is InChI=1S/C41H27N3.Pt/c1-42-24-25-43(28-42)32-15-11-12-29(26-32)41(37-19-8-5-16-33(37)34-17-6-9-20-38(34)41)30-22-23-40-36(27-30)35-18-7-10-21-39(35)44(40)31-13-3-2-4-14-31;/h2-13,15-21,23-25,27-28H,1H3;/q-4;+4. The van der Waals surface area contributed by atoms with Crippen LogP contribution in [0.2, 0.25) is 0 Å². The monoisotopic (exact) mass is 756 g/mol. The summed E-state index contributed by atoms with van der Waals surface area (Å²) in [4.78, 5) is 4.18. The molecule has 0 fully saturated rings. The first-order valence-corrected chi connectivity index (χ1v) is 14.9. The SMILES string of the molecule is CN1C=CN(c2[c-]c(C3(c4[c-]cc5c(c4)c4ccccc4n5-c4[c-]cccc4)c4ccccc4-c4ccccc43)ccc2)[CH-]1.[Pt+4]. The molecule has 1 aliphatic carbocycles. The second-order valence-electron chi connectivity index (χ2n) is 11.5. The summed E-state index contributed by atoms with van der Waals surface area (Å²) in [7, 11) is 2.04. The van der Waals surface area contributed by atoms with Crippen LogP contribution in [-0.4, -0.2) is 16.5 Å². The fourth-order valence-corrected chi connectivity index (χ4v) is 7.29. The molecule has 0 saturated carbocycles. The van der Waals surface area contributed by atoms with Gasteiger partial charge in [0, 0.05) is 10.9 Å². The minimum Gasteiger partial charge on any atom is -0.510 e. The number of rotatable bonds is 4. The van der Waals surface area contributed by atoms with Crippen LogP contribution in [0, 0.1) is 24.9 Å². The molecule has 0 unspecified atom stereocenters. The van der Waals surface area contributed by atoms with Crippen LogP contribution >= 0.6 is 0 Å². The third-order valence-electron chi connectivity index (χ3n) is 9.13. The predicted octanol–water partition coefficient (Wildman–Crippen LogP) is 8.89. The summed E-state index contributed by atoms with van der Waals surface area (Å²) in [6, 6.07) is 56.7. The first kappa shape index (κ1) is 27.7. The van der Waals surface area contributed by atoms with Crippen molar-refractivity contribution < 1.29 is 21.1 Å². The first-order chi connectivity index (χ1) is 21.7. The van der Waals surface area contributed by atoms with E-state index in [1.807, 2.05) is 19.2 Å². The van der Waals surface area contributed by atoms with Crippen molar-refractivity contribution in [2.24, 2.45) is 0 Å². The second-order valence-corrected chi connectivity index (χ2v) is 11.5. The minimum atomic E-state index is -0.602. The largest absolute Gasteiger partial charge is 4.00 e. The van der Waals surface area contributed by atoms with Crippen LogP contribution in [0.15, 0.2) is 140 Å². The van der Waals surface area contributed by atoms with Crippen molar-refractivity contribution in [3.8, 4) is 16.8 Å². The summed E-state index contributed by atoms with van der Waals surface area (Å²) in [6.07, 6.45) is 4.13. The maximum Gasteiger partial charge on any atom is 4.00 e. The van der Waals surface area contributed by atoms with Crippen LogP contribution in [0.25, 0.3) is 38.6 Å². The first-order valence-electron chi connectivity index (χ1n) is 14.9. The van der Waals surface area contributed by atoms with Gasteiger partial charge in [-0.2, -0.15) is 73.4 Å². The molecule has 1 aliphatic heterocycles. The van der Waals surface area contributed by atoms with E-state index >= 15 is 0 Å². The zero-order chi connectivity index (χ0) is 29.3. The van der Waals surface area contributed by atoms with Crippen LogP contribution in [0.1, 0.15) is 22.3 Å². The van der Waals surface area contributed by atoms with Gasteiger partial charge in [0.25, 0.3) is 0 Å². The Labute approximate surface area is 277 Å². The molecule has 9 rings (SSSR count). The Kier molecular flexibility index (Phi) is 6.55.